The van der Waals surface area contributed by atoms with E-state index in [0.717, 1.165) is 24.3 Å². The summed E-state index contributed by atoms with van der Waals surface area (Å²) in [6.07, 6.45) is 3.56. The van der Waals surface area contributed by atoms with Crippen molar-refractivity contribution in [3.63, 3.8) is 0 Å². The molecule has 0 aromatic carbocycles. The van der Waals surface area contributed by atoms with Crippen molar-refractivity contribution in [2.45, 2.75) is 32.7 Å². The molecule has 0 spiro atoms. The predicted octanol–water partition coefficient (Wildman–Crippen LogP) is 1.66. The maximum absolute atomic E-state index is 11.0. The lowest BCUT2D eigenvalue weighted by Gasteiger charge is -2.22. The molecule has 96 valence electrons. The molecule has 0 unspecified atom stereocenters. The monoisotopic (exact) mass is 256 g/mol. The van der Waals surface area contributed by atoms with Crippen LogP contribution in [0.25, 0.3) is 0 Å². The van der Waals surface area contributed by atoms with Crippen molar-refractivity contribution in [3.8, 4) is 0 Å². The number of nitrogen functional groups attached to an aromatic ring is 1. The normalized spacial score (nSPS) is 16.1. The van der Waals surface area contributed by atoms with E-state index >= 15 is 0 Å². The summed E-state index contributed by atoms with van der Waals surface area (Å²) < 4.78 is 1.74. The third-order valence-corrected chi connectivity index (χ3v) is 3.68. The van der Waals surface area contributed by atoms with Crippen LogP contribution in [0.5, 0.6) is 0 Å². The third kappa shape index (κ3) is 3.15. The number of nitrogens with zero attached hydrogens (tertiary/aromatic N) is 2. The van der Waals surface area contributed by atoms with Crippen LogP contribution in [0.3, 0.4) is 0 Å². The van der Waals surface area contributed by atoms with E-state index in [0.29, 0.717) is 17.4 Å². The lowest BCUT2D eigenvalue weighted by Crippen LogP contribution is -2.19. The van der Waals surface area contributed by atoms with Crippen molar-refractivity contribution >= 4 is 23.5 Å². The van der Waals surface area contributed by atoms with Crippen LogP contribution in [0.1, 0.15) is 43.1 Å². The number of hydrogen-bond donors (Lipinski definition) is 2. The Hall–Kier alpha value is -1.17. The third-order valence-electron chi connectivity index (χ3n) is 2.64. The van der Waals surface area contributed by atoms with Gasteiger partial charge in [-0.25, -0.2) is 4.68 Å². The quantitative estimate of drug-likeness (QED) is 0.842. The van der Waals surface area contributed by atoms with Gasteiger partial charge in [-0.3, -0.25) is 4.79 Å². The summed E-state index contributed by atoms with van der Waals surface area (Å²) >= 11 is 1.94. The average molecular weight is 256 g/mol. The largest absolute Gasteiger partial charge is 0.383 e. The highest BCUT2D eigenvalue weighted by molar-refractivity contribution is 7.99. The maximum atomic E-state index is 11.0. The van der Waals surface area contributed by atoms with E-state index in [9.17, 15) is 4.79 Å². The fraction of sp³-hybridized carbons (Fsp3) is 0.636. The Morgan fingerprint density at radius 1 is 1.47 bits per heavy atom. The zero-order chi connectivity index (χ0) is 12.8. The molecule has 1 aromatic rings. The highest BCUT2D eigenvalue weighted by atomic mass is 32.2. The molecule has 1 aliphatic rings. The Labute approximate surface area is 106 Å². The number of carbonyl (C=O) groups is 1. The molecule has 1 fully saturated rings. The Morgan fingerprint density at radius 2 is 2.06 bits per heavy atom. The van der Waals surface area contributed by atoms with Crippen molar-refractivity contribution < 1.29 is 4.79 Å². The molecule has 0 saturated carbocycles. The van der Waals surface area contributed by atoms with Crippen LogP contribution < -0.4 is 11.5 Å². The topological polar surface area (TPSA) is 86.9 Å². The van der Waals surface area contributed by atoms with Crippen molar-refractivity contribution in [2.24, 2.45) is 5.73 Å². The second kappa shape index (κ2) is 6.54. The number of amides is 1. The van der Waals surface area contributed by atoms with E-state index in [1.165, 1.54) is 6.20 Å². The van der Waals surface area contributed by atoms with Gasteiger partial charge in [-0.15, -0.1) is 0 Å². The number of thioether (sulfide) groups is 1. The summed E-state index contributed by atoms with van der Waals surface area (Å²) in [6.45, 7) is 4.00. The van der Waals surface area contributed by atoms with Crippen LogP contribution in [0.4, 0.5) is 5.82 Å². The van der Waals surface area contributed by atoms with Gasteiger partial charge in [-0.1, -0.05) is 13.8 Å². The predicted molar refractivity (Wildman–Crippen MR) is 72.1 cm³/mol. The second-order valence-corrected chi connectivity index (χ2v) is 4.82. The van der Waals surface area contributed by atoms with Gasteiger partial charge < -0.3 is 11.5 Å². The Balaban J connectivity index is 0.000000686. The van der Waals surface area contributed by atoms with Crippen LogP contribution in [0.15, 0.2) is 6.20 Å². The van der Waals surface area contributed by atoms with E-state index in [4.69, 9.17) is 11.5 Å². The van der Waals surface area contributed by atoms with Gasteiger partial charge in [-0.2, -0.15) is 16.9 Å². The van der Waals surface area contributed by atoms with Gasteiger partial charge >= 0.3 is 0 Å². The molecular weight excluding hydrogens is 236 g/mol. The summed E-state index contributed by atoms with van der Waals surface area (Å²) in [7, 11) is 0. The summed E-state index contributed by atoms with van der Waals surface area (Å²) in [6, 6.07) is 0.319. The molecule has 1 aromatic heterocycles. The molecule has 1 saturated heterocycles. The van der Waals surface area contributed by atoms with Gasteiger partial charge in [0.05, 0.1) is 12.2 Å². The van der Waals surface area contributed by atoms with Crippen LogP contribution >= 0.6 is 11.8 Å². The standard InChI is InChI=1S/C9H14N4OS.C2H6/c10-8-7(9(11)14)5-12-13(8)6-1-3-15-4-2-6;1-2/h5-6H,1-4,10H2,(H2,11,14);1-2H3. The maximum Gasteiger partial charge on any atom is 0.254 e. The molecule has 0 atom stereocenters. The van der Waals surface area contributed by atoms with Crippen molar-refractivity contribution in [1.82, 2.24) is 9.78 Å². The first-order valence-electron chi connectivity index (χ1n) is 5.90. The highest BCUT2D eigenvalue weighted by Crippen LogP contribution is 2.29. The molecule has 2 rings (SSSR count). The van der Waals surface area contributed by atoms with Crippen molar-refractivity contribution in [1.29, 1.82) is 0 Å². The van der Waals surface area contributed by atoms with Gasteiger partial charge in [0, 0.05) is 0 Å². The van der Waals surface area contributed by atoms with E-state index in [2.05, 4.69) is 5.10 Å². The number of aromatic nitrogens is 2. The molecule has 6 heteroatoms. The molecule has 5 nitrogen and oxygen atoms in total. The average Bonchev–Trinajstić information content (AvgIpc) is 2.75. The van der Waals surface area contributed by atoms with E-state index < -0.39 is 5.91 Å². The van der Waals surface area contributed by atoms with Crippen LogP contribution in [0.2, 0.25) is 0 Å². The number of rotatable bonds is 2. The Bertz CT molecular complexity index is 372. The fourth-order valence-electron chi connectivity index (χ4n) is 1.78. The summed E-state index contributed by atoms with van der Waals surface area (Å²) in [5, 5.41) is 4.14. The van der Waals surface area contributed by atoms with Gasteiger partial charge in [0.2, 0.25) is 0 Å². The van der Waals surface area contributed by atoms with Gasteiger partial charge in [0.15, 0.2) is 0 Å². The summed E-state index contributed by atoms with van der Waals surface area (Å²) in [5.41, 5.74) is 11.3. The molecule has 1 amide bonds. The molecule has 1 aliphatic heterocycles. The minimum atomic E-state index is -0.510. The molecule has 0 aliphatic carbocycles. The van der Waals surface area contributed by atoms with Crippen LogP contribution in [-0.2, 0) is 0 Å². The van der Waals surface area contributed by atoms with E-state index in [1.54, 1.807) is 4.68 Å². The fourth-order valence-corrected chi connectivity index (χ4v) is 2.86. The number of hydrogen-bond acceptors (Lipinski definition) is 4. The molecular formula is C11H20N4OS. The first-order valence-corrected chi connectivity index (χ1v) is 7.06. The minimum absolute atomic E-state index is 0.319. The first kappa shape index (κ1) is 13.9. The van der Waals surface area contributed by atoms with Crippen LogP contribution in [-0.4, -0.2) is 27.2 Å². The number of carbonyl (C=O) groups excluding carboxylic acids is 1. The Kier molecular flexibility index (Phi) is 5.34. The summed E-state index contributed by atoms with van der Waals surface area (Å²) in [5.74, 6) is 2.13. The minimum Gasteiger partial charge on any atom is -0.383 e. The zero-order valence-corrected chi connectivity index (χ0v) is 11.2. The van der Waals surface area contributed by atoms with E-state index in [1.807, 2.05) is 25.6 Å². The highest BCUT2D eigenvalue weighted by Gasteiger charge is 2.21. The summed E-state index contributed by atoms with van der Waals surface area (Å²) in [4.78, 5) is 11.0. The van der Waals surface area contributed by atoms with Gasteiger partial charge in [-0.05, 0) is 24.3 Å². The number of nitrogens with two attached hydrogens (primary N) is 2. The smallest absolute Gasteiger partial charge is 0.254 e. The molecule has 0 bridgehead atoms. The first-order chi connectivity index (χ1) is 8.20. The van der Waals surface area contributed by atoms with Gasteiger partial charge in [0.25, 0.3) is 5.91 Å². The molecule has 2 heterocycles. The van der Waals surface area contributed by atoms with Crippen LogP contribution in [0, 0.1) is 0 Å². The lowest BCUT2D eigenvalue weighted by molar-refractivity contribution is 0.100. The van der Waals surface area contributed by atoms with Crippen molar-refractivity contribution in [3.05, 3.63) is 11.8 Å². The Morgan fingerprint density at radius 3 is 2.53 bits per heavy atom. The number of anilines is 1. The molecule has 0 radical (unpaired) electrons. The SMILES string of the molecule is CC.NC(=O)c1cnn(C2CCSCC2)c1N. The number of primary amides is 1. The molecule has 4 N–H and O–H groups in total. The van der Waals surface area contributed by atoms with Gasteiger partial charge in [0.1, 0.15) is 11.4 Å². The second-order valence-electron chi connectivity index (χ2n) is 3.60. The van der Waals surface area contributed by atoms with E-state index in [-0.39, 0.29) is 0 Å². The lowest BCUT2D eigenvalue weighted by atomic mass is 10.1. The zero-order valence-electron chi connectivity index (χ0n) is 10.3. The molecule has 17 heavy (non-hydrogen) atoms. The van der Waals surface area contributed by atoms with Crippen molar-refractivity contribution in [2.75, 3.05) is 17.2 Å².